The van der Waals surface area contributed by atoms with Crippen LogP contribution in [0.3, 0.4) is 0 Å². The van der Waals surface area contributed by atoms with Crippen molar-refractivity contribution >= 4 is 5.91 Å². The van der Waals surface area contributed by atoms with Crippen molar-refractivity contribution in [1.82, 2.24) is 10.9 Å². The van der Waals surface area contributed by atoms with Crippen LogP contribution in [0.4, 0.5) is 0 Å². The Morgan fingerprint density at radius 1 is 1.45 bits per heavy atom. The molecule has 0 atom stereocenters. The van der Waals surface area contributed by atoms with Crippen LogP contribution < -0.4 is 10.9 Å². The van der Waals surface area contributed by atoms with Crippen LogP contribution in [0.5, 0.6) is 0 Å². The highest BCUT2D eigenvalue weighted by molar-refractivity contribution is 5.92. The van der Waals surface area contributed by atoms with Gasteiger partial charge in [0.05, 0.1) is 0 Å². The van der Waals surface area contributed by atoms with Crippen molar-refractivity contribution in [3.63, 3.8) is 0 Å². The topological polar surface area (TPSA) is 41.1 Å². The summed E-state index contributed by atoms with van der Waals surface area (Å²) in [5, 5.41) is 0. The van der Waals surface area contributed by atoms with Crippen molar-refractivity contribution in [2.45, 2.75) is 26.7 Å². The fourth-order valence-corrected chi connectivity index (χ4v) is 0.517. The molecule has 0 aromatic rings. The summed E-state index contributed by atoms with van der Waals surface area (Å²) in [5.74, 6) is -0.110. The molecule has 0 spiro atoms. The van der Waals surface area contributed by atoms with Crippen molar-refractivity contribution in [1.29, 1.82) is 0 Å². The van der Waals surface area contributed by atoms with Gasteiger partial charge in [-0.25, -0.2) is 5.43 Å². The zero-order valence-corrected chi connectivity index (χ0v) is 7.24. The number of hydrazine groups is 1. The maximum absolute atomic E-state index is 11.0. The highest BCUT2D eigenvalue weighted by atomic mass is 16.2. The molecule has 1 amide bonds. The predicted octanol–water partition coefficient (Wildman–Crippen LogP) is 0.983. The predicted molar refractivity (Wildman–Crippen MR) is 45.9 cm³/mol. The summed E-state index contributed by atoms with van der Waals surface area (Å²) in [7, 11) is 0. The van der Waals surface area contributed by atoms with Crippen LogP contribution in [-0.2, 0) is 4.79 Å². The van der Waals surface area contributed by atoms with Crippen LogP contribution in [0.15, 0.2) is 12.2 Å². The van der Waals surface area contributed by atoms with Crippen LogP contribution in [-0.4, -0.2) is 12.5 Å². The van der Waals surface area contributed by atoms with Crippen molar-refractivity contribution in [3.8, 4) is 0 Å². The van der Waals surface area contributed by atoms with Crippen LogP contribution >= 0.6 is 0 Å². The highest BCUT2D eigenvalue weighted by Crippen LogP contribution is 1.93. The first-order valence-electron chi connectivity index (χ1n) is 3.93. The molecule has 11 heavy (non-hydrogen) atoms. The first kappa shape index (κ1) is 10.2. The number of carbonyl (C=O) groups excluding carboxylic acids is 1. The Morgan fingerprint density at radius 3 is 2.55 bits per heavy atom. The quantitative estimate of drug-likeness (QED) is 0.354. The summed E-state index contributed by atoms with van der Waals surface area (Å²) in [5.41, 5.74) is 5.94. The lowest BCUT2D eigenvalue weighted by Crippen LogP contribution is -2.38. The molecule has 3 nitrogen and oxygen atoms in total. The van der Waals surface area contributed by atoms with E-state index in [4.69, 9.17) is 0 Å². The van der Waals surface area contributed by atoms with E-state index in [9.17, 15) is 4.79 Å². The molecule has 0 unspecified atom stereocenters. The van der Waals surface area contributed by atoms with E-state index in [0.717, 1.165) is 13.0 Å². The standard InChI is InChI=1S/C8H16N2O/c1-4-6-9-10-8(11)7(3)5-2/h9H,3-6H2,1-2H3,(H,10,11). The number of carbonyl (C=O) groups is 1. The van der Waals surface area contributed by atoms with Gasteiger partial charge in [-0.2, -0.15) is 0 Å². The first-order chi connectivity index (χ1) is 5.22. The van der Waals surface area contributed by atoms with Crippen molar-refractivity contribution < 1.29 is 4.79 Å². The number of rotatable bonds is 5. The van der Waals surface area contributed by atoms with E-state index in [1.54, 1.807) is 0 Å². The van der Waals surface area contributed by atoms with Gasteiger partial charge in [-0.3, -0.25) is 10.2 Å². The Bertz CT molecular complexity index is 143. The molecular formula is C8H16N2O. The SMILES string of the molecule is C=C(CC)C(=O)NNCCC. The summed E-state index contributed by atoms with van der Waals surface area (Å²) < 4.78 is 0. The molecule has 0 heterocycles. The smallest absolute Gasteiger partial charge is 0.260 e. The zero-order valence-electron chi connectivity index (χ0n) is 7.24. The van der Waals surface area contributed by atoms with Gasteiger partial charge in [-0.1, -0.05) is 20.4 Å². The van der Waals surface area contributed by atoms with E-state index in [2.05, 4.69) is 17.4 Å². The van der Waals surface area contributed by atoms with Crippen LogP contribution in [0.1, 0.15) is 26.7 Å². The molecule has 0 aromatic heterocycles. The second-order valence-electron chi connectivity index (χ2n) is 2.34. The van der Waals surface area contributed by atoms with Crippen molar-refractivity contribution in [2.75, 3.05) is 6.54 Å². The molecule has 3 heteroatoms. The molecule has 0 bridgehead atoms. The average molecular weight is 156 g/mol. The minimum atomic E-state index is -0.110. The Morgan fingerprint density at radius 2 is 2.09 bits per heavy atom. The second-order valence-corrected chi connectivity index (χ2v) is 2.34. The summed E-state index contributed by atoms with van der Waals surface area (Å²) in [4.78, 5) is 11.0. The van der Waals surface area contributed by atoms with Gasteiger partial charge in [0.1, 0.15) is 0 Å². The molecule has 0 aliphatic heterocycles. The van der Waals surface area contributed by atoms with Crippen LogP contribution in [0.25, 0.3) is 0 Å². The molecule has 0 saturated heterocycles. The zero-order chi connectivity index (χ0) is 8.69. The second kappa shape index (κ2) is 5.92. The number of nitrogens with one attached hydrogen (secondary N) is 2. The van der Waals surface area contributed by atoms with Crippen molar-refractivity contribution in [3.05, 3.63) is 12.2 Å². The molecule has 0 fully saturated rings. The van der Waals surface area contributed by atoms with Gasteiger partial charge >= 0.3 is 0 Å². The van der Waals surface area contributed by atoms with Gasteiger partial charge in [0.15, 0.2) is 0 Å². The van der Waals surface area contributed by atoms with Gasteiger partial charge in [0.2, 0.25) is 0 Å². The fraction of sp³-hybridized carbons (Fsp3) is 0.625. The lowest BCUT2D eigenvalue weighted by molar-refractivity contribution is -0.118. The molecule has 0 radical (unpaired) electrons. The van der Waals surface area contributed by atoms with E-state index in [1.165, 1.54) is 0 Å². The molecular weight excluding hydrogens is 140 g/mol. The average Bonchev–Trinajstić information content (AvgIpc) is 2.03. The van der Waals surface area contributed by atoms with Crippen LogP contribution in [0, 0.1) is 0 Å². The molecule has 0 aromatic carbocycles. The number of hydrogen-bond donors (Lipinski definition) is 2. The summed E-state index contributed by atoms with van der Waals surface area (Å²) in [6.07, 6.45) is 1.69. The molecule has 0 saturated carbocycles. The van der Waals surface area contributed by atoms with Gasteiger partial charge in [-0.15, -0.1) is 0 Å². The van der Waals surface area contributed by atoms with Crippen LogP contribution in [0.2, 0.25) is 0 Å². The molecule has 0 rings (SSSR count). The monoisotopic (exact) mass is 156 g/mol. The third kappa shape index (κ3) is 4.56. The Balaban J connectivity index is 3.44. The van der Waals surface area contributed by atoms with E-state index in [0.29, 0.717) is 12.0 Å². The summed E-state index contributed by atoms with van der Waals surface area (Å²) in [6.45, 7) is 8.33. The lowest BCUT2D eigenvalue weighted by Gasteiger charge is -2.05. The maximum atomic E-state index is 11.0. The third-order valence-electron chi connectivity index (χ3n) is 1.32. The Labute approximate surface area is 67.8 Å². The molecule has 0 aliphatic rings. The molecule has 2 N–H and O–H groups in total. The van der Waals surface area contributed by atoms with E-state index in [1.807, 2.05) is 13.8 Å². The Kier molecular flexibility index (Phi) is 5.47. The van der Waals surface area contributed by atoms with Gasteiger partial charge in [0.25, 0.3) is 5.91 Å². The lowest BCUT2D eigenvalue weighted by atomic mass is 10.2. The van der Waals surface area contributed by atoms with E-state index < -0.39 is 0 Å². The number of hydrogen-bond acceptors (Lipinski definition) is 2. The molecule has 0 aliphatic carbocycles. The Hall–Kier alpha value is -0.830. The van der Waals surface area contributed by atoms with E-state index >= 15 is 0 Å². The van der Waals surface area contributed by atoms with E-state index in [-0.39, 0.29) is 5.91 Å². The van der Waals surface area contributed by atoms with Gasteiger partial charge < -0.3 is 0 Å². The summed E-state index contributed by atoms with van der Waals surface area (Å²) in [6, 6.07) is 0. The third-order valence-corrected chi connectivity index (χ3v) is 1.32. The highest BCUT2D eigenvalue weighted by Gasteiger charge is 2.01. The maximum Gasteiger partial charge on any atom is 0.260 e. The summed E-state index contributed by atoms with van der Waals surface area (Å²) >= 11 is 0. The van der Waals surface area contributed by atoms with Gasteiger partial charge in [0, 0.05) is 12.1 Å². The minimum Gasteiger partial charge on any atom is -0.288 e. The van der Waals surface area contributed by atoms with Gasteiger partial charge in [-0.05, 0) is 12.8 Å². The van der Waals surface area contributed by atoms with Crippen molar-refractivity contribution in [2.24, 2.45) is 0 Å². The fourth-order valence-electron chi connectivity index (χ4n) is 0.517. The molecule has 64 valence electrons. The largest absolute Gasteiger partial charge is 0.288 e. The minimum absolute atomic E-state index is 0.110. The number of amides is 1. The first-order valence-corrected chi connectivity index (χ1v) is 3.93. The normalized spacial score (nSPS) is 9.27.